The van der Waals surface area contributed by atoms with E-state index in [9.17, 15) is 0 Å². The molecule has 0 saturated carbocycles. The highest BCUT2D eigenvalue weighted by Crippen LogP contribution is 2.24. The zero-order valence-corrected chi connectivity index (χ0v) is 11.1. The molecule has 0 saturated heterocycles. The van der Waals surface area contributed by atoms with Crippen molar-refractivity contribution in [2.45, 2.75) is 6.61 Å². The largest absolute Gasteiger partial charge is 0.497 e. The number of rotatable bonds is 4. The van der Waals surface area contributed by atoms with E-state index < -0.39 is 0 Å². The van der Waals surface area contributed by atoms with Crippen molar-refractivity contribution in [3.8, 4) is 17.6 Å². The topological polar surface area (TPSA) is 42.2 Å². The summed E-state index contributed by atoms with van der Waals surface area (Å²) in [5.41, 5.74) is 1.43. The first-order valence-corrected chi connectivity index (χ1v) is 6.06. The molecule has 0 aliphatic heterocycles. The molecule has 0 heterocycles. The van der Waals surface area contributed by atoms with Crippen molar-refractivity contribution in [2.24, 2.45) is 0 Å². The maximum atomic E-state index is 9.00. The summed E-state index contributed by atoms with van der Waals surface area (Å²) in [5, 5.41) is 9.54. The number of nitriles is 1. The molecule has 0 atom stereocenters. The molecule has 0 aliphatic rings. The van der Waals surface area contributed by atoms with Gasteiger partial charge in [0.2, 0.25) is 0 Å². The number of ether oxygens (including phenoxy) is 2. The highest BCUT2D eigenvalue weighted by atomic mass is 35.5. The lowest BCUT2D eigenvalue weighted by molar-refractivity contribution is 0.304. The van der Waals surface area contributed by atoms with Crippen LogP contribution in [0, 0.1) is 11.3 Å². The Morgan fingerprint density at radius 1 is 1.21 bits per heavy atom. The van der Waals surface area contributed by atoms with Crippen LogP contribution in [0.3, 0.4) is 0 Å². The smallest absolute Gasteiger partial charge is 0.139 e. The maximum absolute atomic E-state index is 9.00. The molecule has 3 nitrogen and oxygen atoms in total. The molecule has 0 bridgehead atoms. The molecule has 2 rings (SSSR count). The van der Waals surface area contributed by atoms with Gasteiger partial charge in [-0.05, 0) is 29.8 Å². The minimum atomic E-state index is 0.353. The van der Waals surface area contributed by atoms with Gasteiger partial charge in [0.25, 0.3) is 0 Å². The van der Waals surface area contributed by atoms with Crippen molar-refractivity contribution in [1.82, 2.24) is 0 Å². The van der Waals surface area contributed by atoms with Crippen molar-refractivity contribution in [1.29, 1.82) is 5.26 Å². The molecule has 2 aromatic carbocycles. The van der Waals surface area contributed by atoms with Gasteiger partial charge in [-0.25, -0.2) is 0 Å². The van der Waals surface area contributed by atoms with Gasteiger partial charge in [0.05, 0.1) is 12.7 Å². The summed E-state index contributed by atoms with van der Waals surface area (Å²) >= 11 is 5.89. The van der Waals surface area contributed by atoms with Crippen molar-refractivity contribution in [2.75, 3.05) is 7.11 Å². The van der Waals surface area contributed by atoms with Gasteiger partial charge < -0.3 is 9.47 Å². The van der Waals surface area contributed by atoms with Crippen LogP contribution >= 0.6 is 11.6 Å². The van der Waals surface area contributed by atoms with Crippen LogP contribution in [0.5, 0.6) is 11.5 Å². The molecule has 0 unspecified atom stereocenters. The van der Waals surface area contributed by atoms with Crippen LogP contribution in [0.1, 0.15) is 11.1 Å². The van der Waals surface area contributed by atoms with E-state index in [1.165, 1.54) is 0 Å². The number of benzene rings is 2. The number of halogens is 1. The van der Waals surface area contributed by atoms with Crippen molar-refractivity contribution >= 4 is 11.6 Å². The predicted octanol–water partition coefficient (Wildman–Crippen LogP) is 3.80. The van der Waals surface area contributed by atoms with Crippen LogP contribution in [0.25, 0.3) is 0 Å². The van der Waals surface area contributed by atoms with Crippen LogP contribution in [0.2, 0.25) is 5.02 Å². The SMILES string of the molecule is COc1cccc(COc2cc(Cl)ccc2C#N)c1. The molecule has 4 heteroatoms. The van der Waals surface area contributed by atoms with Gasteiger partial charge >= 0.3 is 0 Å². The Kier molecular flexibility index (Phi) is 4.27. The monoisotopic (exact) mass is 273 g/mol. The Labute approximate surface area is 117 Å². The number of methoxy groups -OCH3 is 1. The number of hydrogen-bond acceptors (Lipinski definition) is 3. The summed E-state index contributed by atoms with van der Waals surface area (Å²) in [6, 6.07) is 14.6. The number of hydrogen-bond donors (Lipinski definition) is 0. The van der Waals surface area contributed by atoms with Gasteiger partial charge in [-0.15, -0.1) is 0 Å². The molecule has 0 aliphatic carbocycles. The minimum absolute atomic E-state index is 0.353. The third kappa shape index (κ3) is 3.40. The second-order valence-electron chi connectivity index (χ2n) is 3.89. The van der Waals surface area contributed by atoms with E-state index in [1.807, 2.05) is 24.3 Å². The van der Waals surface area contributed by atoms with Crippen LogP contribution in [0.15, 0.2) is 42.5 Å². The molecule has 0 spiro atoms. The molecular weight excluding hydrogens is 262 g/mol. The third-order valence-electron chi connectivity index (χ3n) is 2.59. The van der Waals surface area contributed by atoms with E-state index in [0.717, 1.165) is 11.3 Å². The predicted molar refractivity (Wildman–Crippen MR) is 73.5 cm³/mol. The Morgan fingerprint density at radius 2 is 2.05 bits per heavy atom. The van der Waals surface area contributed by atoms with Gasteiger partial charge in [-0.2, -0.15) is 5.26 Å². The summed E-state index contributed by atoms with van der Waals surface area (Å²) in [5.74, 6) is 1.26. The zero-order valence-electron chi connectivity index (χ0n) is 10.4. The molecule has 96 valence electrons. The van der Waals surface area contributed by atoms with E-state index in [4.69, 9.17) is 26.3 Å². The van der Waals surface area contributed by atoms with Crippen LogP contribution in [-0.2, 0) is 6.61 Å². The lowest BCUT2D eigenvalue weighted by atomic mass is 10.2. The van der Waals surface area contributed by atoms with E-state index in [2.05, 4.69) is 6.07 Å². The third-order valence-corrected chi connectivity index (χ3v) is 2.83. The van der Waals surface area contributed by atoms with Crippen LogP contribution in [0.4, 0.5) is 0 Å². The van der Waals surface area contributed by atoms with Crippen molar-refractivity contribution < 1.29 is 9.47 Å². The molecule has 2 aromatic rings. The van der Waals surface area contributed by atoms with Crippen LogP contribution in [-0.4, -0.2) is 7.11 Å². The molecule has 0 fully saturated rings. The summed E-state index contributed by atoms with van der Waals surface area (Å²) in [4.78, 5) is 0. The standard InChI is InChI=1S/C15H12ClNO2/c1-18-14-4-2-3-11(7-14)10-19-15-8-13(16)6-5-12(15)9-17/h2-8H,10H2,1H3. The van der Waals surface area contributed by atoms with Crippen molar-refractivity contribution in [3.63, 3.8) is 0 Å². The van der Waals surface area contributed by atoms with E-state index in [0.29, 0.717) is 22.9 Å². The van der Waals surface area contributed by atoms with Gasteiger partial charge in [0.1, 0.15) is 24.2 Å². The quantitative estimate of drug-likeness (QED) is 0.851. The molecule has 0 N–H and O–H groups in total. The normalized spacial score (nSPS) is 9.74. The fourth-order valence-electron chi connectivity index (χ4n) is 1.63. The van der Waals surface area contributed by atoms with Gasteiger partial charge in [0, 0.05) is 11.1 Å². The summed E-state index contributed by atoms with van der Waals surface area (Å²) in [6.45, 7) is 0.353. The molecular formula is C15H12ClNO2. The first-order chi connectivity index (χ1) is 9.22. The Hall–Kier alpha value is -2.18. The van der Waals surface area contributed by atoms with Gasteiger partial charge in [-0.3, -0.25) is 0 Å². The summed E-state index contributed by atoms with van der Waals surface area (Å²) in [6.07, 6.45) is 0. The first-order valence-electron chi connectivity index (χ1n) is 5.68. The van der Waals surface area contributed by atoms with E-state index in [-0.39, 0.29) is 0 Å². The Bertz CT molecular complexity index is 620. The summed E-state index contributed by atoms with van der Waals surface area (Å²) in [7, 11) is 1.62. The molecule has 0 aromatic heterocycles. The van der Waals surface area contributed by atoms with E-state index >= 15 is 0 Å². The fraction of sp³-hybridized carbons (Fsp3) is 0.133. The molecule has 19 heavy (non-hydrogen) atoms. The second kappa shape index (κ2) is 6.12. The van der Waals surface area contributed by atoms with Gasteiger partial charge in [0.15, 0.2) is 0 Å². The zero-order chi connectivity index (χ0) is 13.7. The number of nitrogens with zero attached hydrogens (tertiary/aromatic N) is 1. The van der Waals surface area contributed by atoms with Crippen molar-refractivity contribution in [3.05, 3.63) is 58.6 Å². The average Bonchev–Trinajstić information content (AvgIpc) is 2.45. The Morgan fingerprint density at radius 3 is 2.79 bits per heavy atom. The second-order valence-corrected chi connectivity index (χ2v) is 4.33. The maximum Gasteiger partial charge on any atom is 0.139 e. The summed E-state index contributed by atoms with van der Waals surface area (Å²) < 4.78 is 10.8. The van der Waals surface area contributed by atoms with E-state index in [1.54, 1.807) is 25.3 Å². The average molecular weight is 274 g/mol. The lowest BCUT2D eigenvalue weighted by Gasteiger charge is -2.09. The lowest BCUT2D eigenvalue weighted by Crippen LogP contribution is -1.97. The van der Waals surface area contributed by atoms with Crippen LogP contribution < -0.4 is 9.47 Å². The molecule has 0 amide bonds. The first kappa shape index (κ1) is 13.3. The Balaban J connectivity index is 2.14. The highest BCUT2D eigenvalue weighted by molar-refractivity contribution is 6.30. The molecule has 0 radical (unpaired) electrons. The van der Waals surface area contributed by atoms with Gasteiger partial charge in [-0.1, -0.05) is 23.7 Å². The highest BCUT2D eigenvalue weighted by Gasteiger charge is 2.05. The fourth-order valence-corrected chi connectivity index (χ4v) is 1.79. The minimum Gasteiger partial charge on any atom is -0.497 e.